The van der Waals surface area contributed by atoms with Crippen molar-refractivity contribution in [1.82, 2.24) is 4.98 Å². The van der Waals surface area contributed by atoms with E-state index >= 15 is 0 Å². The zero-order chi connectivity index (χ0) is 14.4. The minimum Gasteiger partial charge on any atom is -0.479 e. The smallest absolute Gasteiger partial charge is 0.412 e. The summed E-state index contributed by atoms with van der Waals surface area (Å²) in [6, 6.07) is 12.5. The van der Waals surface area contributed by atoms with E-state index in [0.717, 1.165) is 5.56 Å². The molecule has 2 rings (SSSR count). The highest BCUT2D eigenvalue weighted by Gasteiger charge is 2.10. The van der Waals surface area contributed by atoms with E-state index < -0.39 is 6.09 Å². The quantitative estimate of drug-likeness (QED) is 0.876. The fourth-order valence-electron chi connectivity index (χ4n) is 1.54. The molecule has 0 radical (unpaired) electrons. The number of benzene rings is 1. The molecule has 0 unspecified atom stereocenters. The van der Waals surface area contributed by atoms with Crippen LogP contribution in [0.4, 0.5) is 10.5 Å². The van der Waals surface area contributed by atoms with Crippen LogP contribution in [0, 0.1) is 0 Å². The minimum absolute atomic E-state index is 0.190. The molecule has 0 aliphatic carbocycles. The normalized spacial score (nSPS) is 9.90. The van der Waals surface area contributed by atoms with E-state index in [1.807, 2.05) is 30.3 Å². The van der Waals surface area contributed by atoms with Crippen molar-refractivity contribution in [2.45, 2.75) is 6.61 Å². The second-order valence-corrected chi connectivity index (χ2v) is 4.26. The lowest BCUT2D eigenvalue weighted by Crippen LogP contribution is -2.14. The van der Waals surface area contributed by atoms with Gasteiger partial charge < -0.3 is 9.47 Å². The van der Waals surface area contributed by atoms with Crippen molar-refractivity contribution in [3.63, 3.8) is 0 Å². The number of carbonyl (C=O) groups is 1. The molecule has 1 aromatic heterocycles. The summed E-state index contributed by atoms with van der Waals surface area (Å²) in [6.45, 7) is 0.190. The molecule has 1 amide bonds. The molecule has 0 atom stereocenters. The average molecular weight is 293 g/mol. The summed E-state index contributed by atoms with van der Waals surface area (Å²) in [5.41, 5.74) is 1.30. The van der Waals surface area contributed by atoms with Crippen molar-refractivity contribution in [2.75, 3.05) is 12.4 Å². The Morgan fingerprint density at radius 3 is 2.70 bits per heavy atom. The number of pyridine rings is 1. The largest absolute Gasteiger partial charge is 0.479 e. The average Bonchev–Trinajstić information content (AvgIpc) is 2.48. The Kier molecular flexibility index (Phi) is 4.79. The van der Waals surface area contributed by atoms with E-state index in [4.69, 9.17) is 21.1 Å². The number of hydrogen-bond acceptors (Lipinski definition) is 4. The molecular formula is C14H13ClN2O3. The van der Waals surface area contributed by atoms with Crippen LogP contribution in [0.2, 0.25) is 5.15 Å². The molecule has 1 aromatic carbocycles. The number of nitrogens with one attached hydrogen (secondary N) is 1. The first-order valence-electron chi connectivity index (χ1n) is 5.87. The molecule has 0 fully saturated rings. The topological polar surface area (TPSA) is 60.5 Å². The van der Waals surface area contributed by atoms with Crippen molar-refractivity contribution < 1.29 is 14.3 Å². The van der Waals surface area contributed by atoms with Gasteiger partial charge in [-0.2, -0.15) is 4.98 Å². The lowest BCUT2D eigenvalue weighted by Gasteiger charge is -2.10. The van der Waals surface area contributed by atoms with Gasteiger partial charge in [-0.3, -0.25) is 5.32 Å². The van der Waals surface area contributed by atoms with E-state index in [1.54, 1.807) is 12.1 Å². The van der Waals surface area contributed by atoms with Gasteiger partial charge in [-0.25, -0.2) is 4.79 Å². The zero-order valence-corrected chi connectivity index (χ0v) is 11.6. The summed E-state index contributed by atoms with van der Waals surface area (Å²) >= 11 is 5.74. The van der Waals surface area contributed by atoms with Crippen LogP contribution < -0.4 is 10.1 Å². The van der Waals surface area contributed by atoms with Gasteiger partial charge in [0.2, 0.25) is 5.88 Å². The molecule has 0 saturated carbocycles. The van der Waals surface area contributed by atoms with Crippen molar-refractivity contribution in [1.29, 1.82) is 0 Å². The molecule has 5 nitrogen and oxygen atoms in total. The summed E-state index contributed by atoms with van der Waals surface area (Å²) < 4.78 is 10.1. The Labute approximate surface area is 121 Å². The lowest BCUT2D eigenvalue weighted by molar-refractivity contribution is 0.155. The first kappa shape index (κ1) is 14.1. The number of aromatic nitrogens is 1. The third-order valence-corrected chi connectivity index (χ3v) is 2.68. The summed E-state index contributed by atoms with van der Waals surface area (Å²) in [7, 11) is 1.44. The molecule has 0 spiro atoms. The second-order valence-electron chi connectivity index (χ2n) is 3.88. The van der Waals surface area contributed by atoms with Crippen LogP contribution in [0.15, 0.2) is 42.5 Å². The number of amides is 1. The van der Waals surface area contributed by atoms with Crippen LogP contribution in [0.3, 0.4) is 0 Å². The van der Waals surface area contributed by atoms with Crippen LogP contribution in [0.5, 0.6) is 5.88 Å². The predicted octanol–water partition coefficient (Wildman–Crippen LogP) is 3.49. The van der Waals surface area contributed by atoms with E-state index in [1.165, 1.54) is 7.11 Å². The Morgan fingerprint density at radius 1 is 1.25 bits per heavy atom. The van der Waals surface area contributed by atoms with E-state index in [9.17, 15) is 4.79 Å². The molecule has 0 aliphatic heterocycles. The molecule has 6 heteroatoms. The first-order valence-corrected chi connectivity index (χ1v) is 6.25. The van der Waals surface area contributed by atoms with E-state index in [-0.39, 0.29) is 17.6 Å². The molecule has 0 saturated heterocycles. The van der Waals surface area contributed by atoms with Gasteiger partial charge in [0.25, 0.3) is 0 Å². The Hall–Kier alpha value is -2.27. The summed E-state index contributed by atoms with van der Waals surface area (Å²) in [5.74, 6) is 0.231. The van der Waals surface area contributed by atoms with Gasteiger partial charge in [-0.15, -0.1) is 0 Å². The van der Waals surface area contributed by atoms with Gasteiger partial charge in [0, 0.05) is 0 Å². The van der Waals surface area contributed by atoms with Gasteiger partial charge in [-0.05, 0) is 17.7 Å². The maximum absolute atomic E-state index is 11.7. The standard InChI is InChI=1S/C14H13ClN2O3/c1-19-13-11(7-8-12(15)17-13)16-14(18)20-9-10-5-3-2-4-6-10/h2-8H,9H2,1H3,(H,16,18). The summed E-state index contributed by atoms with van der Waals surface area (Å²) in [5, 5.41) is 2.83. The fourth-order valence-corrected chi connectivity index (χ4v) is 1.68. The van der Waals surface area contributed by atoms with Crippen molar-refractivity contribution in [3.05, 3.63) is 53.2 Å². The second kappa shape index (κ2) is 6.77. The molecule has 1 heterocycles. The maximum Gasteiger partial charge on any atom is 0.412 e. The van der Waals surface area contributed by atoms with Gasteiger partial charge >= 0.3 is 6.09 Å². The van der Waals surface area contributed by atoms with Crippen LogP contribution in [0.25, 0.3) is 0 Å². The first-order chi connectivity index (χ1) is 9.69. The zero-order valence-electron chi connectivity index (χ0n) is 10.8. The third-order valence-electron chi connectivity index (χ3n) is 2.47. The molecule has 1 N–H and O–H groups in total. The predicted molar refractivity (Wildman–Crippen MR) is 76.0 cm³/mol. The van der Waals surface area contributed by atoms with E-state index in [0.29, 0.717) is 5.69 Å². The summed E-state index contributed by atoms with van der Waals surface area (Å²) in [6.07, 6.45) is -0.587. The number of carbonyl (C=O) groups excluding carboxylic acids is 1. The molecule has 0 bridgehead atoms. The van der Waals surface area contributed by atoms with Gasteiger partial charge in [0.15, 0.2) is 0 Å². The highest BCUT2D eigenvalue weighted by Crippen LogP contribution is 2.23. The molecule has 2 aromatic rings. The molecule has 20 heavy (non-hydrogen) atoms. The Morgan fingerprint density at radius 2 is 2.00 bits per heavy atom. The van der Waals surface area contributed by atoms with Crippen LogP contribution in [-0.4, -0.2) is 18.2 Å². The van der Waals surface area contributed by atoms with Crippen molar-refractivity contribution in [3.8, 4) is 5.88 Å². The van der Waals surface area contributed by atoms with E-state index in [2.05, 4.69) is 10.3 Å². The number of hydrogen-bond donors (Lipinski definition) is 1. The monoisotopic (exact) mass is 292 g/mol. The molecule has 0 aliphatic rings. The number of nitrogens with zero attached hydrogens (tertiary/aromatic N) is 1. The number of anilines is 1. The van der Waals surface area contributed by atoms with Gasteiger partial charge in [-0.1, -0.05) is 41.9 Å². The van der Waals surface area contributed by atoms with Gasteiger partial charge in [0.1, 0.15) is 17.4 Å². The number of ether oxygens (including phenoxy) is 2. The highest BCUT2D eigenvalue weighted by atomic mass is 35.5. The van der Waals surface area contributed by atoms with Crippen LogP contribution in [0.1, 0.15) is 5.56 Å². The van der Waals surface area contributed by atoms with Crippen molar-refractivity contribution >= 4 is 23.4 Å². The SMILES string of the molecule is COc1nc(Cl)ccc1NC(=O)OCc1ccccc1. The van der Waals surface area contributed by atoms with Crippen LogP contribution >= 0.6 is 11.6 Å². The lowest BCUT2D eigenvalue weighted by atomic mass is 10.2. The highest BCUT2D eigenvalue weighted by molar-refractivity contribution is 6.29. The molecular weight excluding hydrogens is 280 g/mol. The minimum atomic E-state index is -0.587. The fraction of sp³-hybridized carbons (Fsp3) is 0.143. The van der Waals surface area contributed by atoms with Crippen molar-refractivity contribution in [2.24, 2.45) is 0 Å². The van der Waals surface area contributed by atoms with Gasteiger partial charge in [0.05, 0.1) is 7.11 Å². The maximum atomic E-state index is 11.7. The molecule has 104 valence electrons. The number of halogens is 1. The Balaban J connectivity index is 1.95. The number of methoxy groups -OCH3 is 1. The summed E-state index contributed by atoms with van der Waals surface area (Å²) in [4.78, 5) is 15.6. The number of rotatable bonds is 4. The Bertz CT molecular complexity index is 590. The van der Waals surface area contributed by atoms with Crippen LogP contribution in [-0.2, 0) is 11.3 Å². The third kappa shape index (κ3) is 3.86.